The van der Waals surface area contributed by atoms with Crippen LogP contribution in [0, 0.1) is 0 Å². The Kier molecular flexibility index (Phi) is 6.26. The number of phenolic OH excluding ortho intramolecular Hbond substituents is 1. The monoisotopic (exact) mass is 548 g/mol. The van der Waals surface area contributed by atoms with Crippen LogP contribution in [0.15, 0.2) is 82.1 Å². The lowest BCUT2D eigenvalue weighted by molar-refractivity contribution is 0.423. The predicted octanol–water partition coefficient (Wildman–Crippen LogP) is 6.62. The second-order valence-corrected chi connectivity index (χ2v) is 14.0. The van der Waals surface area contributed by atoms with E-state index in [1.165, 1.54) is 28.0 Å². The van der Waals surface area contributed by atoms with Crippen LogP contribution in [0.3, 0.4) is 0 Å². The molecule has 1 aliphatic heterocycles. The van der Waals surface area contributed by atoms with E-state index in [0.717, 1.165) is 45.6 Å². The van der Waals surface area contributed by atoms with Gasteiger partial charge in [0.25, 0.3) is 5.56 Å². The van der Waals surface area contributed by atoms with Crippen molar-refractivity contribution in [2.75, 3.05) is 0 Å². The second-order valence-electron chi connectivity index (χ2n) is 13.0. The van der Waals surface area contributed by atoms with Crippen molar-refractivity contribution in [3.05, 3.63) is 125 Å². The number of hydrogen-bond acceptors (Lipinski definition) is 4. The molecule has 40 heavy (non-hydrogen) atoms. The molecule has 0 radical (unpaired) electrons. The molecule has 5 heteroatoms. The topological polar surface area (TPSA) is 54.6 Å². The standard InChI is InChI=1S/C35H36N2O2S/c1-34(2,3)26-18-21(19-27(31(26)38)35(4,5)6)20-28-32(39)37-30(23-13-8-7-9-14-23)25-17-16-22-12-10-11-15-24(22)29(25)36-33(37)40-28/h7-15,18-20,30,38H,16-17H2,1-6H3/b28-20-/t30-/m0/s1. The van der Waals surface area contributed by atoms with Gasteiger partial charge in [0.15, 0.2) is 4.80 Å². The van der Waals surface area contributed by atoms with E-state index in [-0.39, 0.29) is 22.4 Å². The SMILES string of the molecule is CC(C)(C)c1cc(/C=c2\sc3n(c2=O)[C@@H](c2ccccc2)C2=C(N=3)c3ccccc3CC2)cc(C(C)(C)C)c1O. The molecule has 3 aromatic carbocycles. The molecule has 6 rings (SSSR count). The van der Waals surface area contributed by atoms with E-state index in [9.17, 15) is 9.90 Å². The normalized spacial score (nSPS) is 17.2. The van der Waals surface area contributed by atoms with Crippen LogP contribution in [-0.4, -0.2) is 9.67 Å². The number of aromatic nitrogens is 1. The lowest BCUT2D eigenvalue weighted by Crippen LogP contribution is -2.38. The number of benzene rings is 3. The molecule has 1 atom stereocenters. The van der Waals surface area contributed by atoms with E-state index in [4.69, 9.17) is 4.99 Å². The quantitative estimate of drug-likeness (QED) is 0.306. The zero-order valence-electron chi connectivity index (χ0n) is 24.1. The van der Waals surface area contributed by atoms with Crippen molar-refractivity contribution >= 4 is 23.1 Å². The highest BCUT2D eigenvalue weighted by Gasteiger charge is 2.32. The molecule has 0 bridgehead atoms. The fraction of sp³-hybridized carbons (Fsp3) is 0.314. The Morgan fingerprint density at radius 2 is 1.52 bits per heavy atom. The van der Waals surface area contributed by atoms with Crippen LogP contribution in [0.25, 0.3) is 11.8 Å². The second kappa shape index (κ2) is 9.45. The number of aryl methyl sites for hydroxylation is 1. The number of fused-ring (bicyclic) bond motifs is 3. The van der Waals surface area contributed by atoms with E-state index >= 15 is 0 Å². The molecule has 0 unspecified atom stereocenters. The molecule has 0 fully saturated rings. The summed E-state index contributed by atoms with van der Waals surface area (Å²) in [5, 5.41) is 11.2. The van der Waals surface area contributed by atoms with Crippen LogP contribution in [0.1, 0.15) is 87.4 Å². The molecule has 4 nitrogen and oxygen atoms in total. The number of phenols is 1. The van der Waals surface area contributed by atoms with Crippen molar-refractivity contribution in [2.45, 2.75) is 71.3 Å². The molecule has 204 valence electrons. The molecule has 1 aromatic heterocycles. The third-order valence-corrected chi connectivity index (χ3v) is 9.02. The highest BCUT2D eigenvalue weighted by Crippen LogP contribution is 2.42. The van der Waals surface area contributed by atoms with E-state index < -0.39 is 0 Å². The van der Waals surface area contributed by atoms with E-state index in [0.29, 0.717) is 10.3 Å². The first-order valence-corrected chi connectivity index (χ1v) is 14.8. The van der Waals surface area contributed by atoms with Crippen molar-refractivity contribution in [1.82, 2.24) is 4.57 Å². The summed E-state index contributed by atoms with van der Waals surface area (Å²) in [5.74, 6) is 0.342. The summed E-state index contributed by atoms with van der Waals surface area (Å²) in [7, 11) is 0. The highest BCUT2D eigenvalue weighted by molar-refractivity contribution is 7.07. The van der Waals surface area contributed by atoms with E-state index in [1.54, 1.807) is 0 Å². The van der Waals surface area contributed by atoms with Gasteiger partial charge in [-0.05, 0) is 64.1 Å². The number of hydrogen-bond donors (Lipinski definition) is 1. The van der Waals surface area contributed by atoms with Crippen LogP contribution in [0.4, 0.5) is 0 Å². The third kappa shape index (κ3) is 4.46. The molecule has 2 aliphatic rings. The van der Waals surface area contributed by atoms with Crippen LogP contribution in [0.2, 0.25) is 0 Å². The minimum atomic E-state index is -0.248. The fourth-order valence-electron chi connectivity index (χ4n) is 5.99. The summed E-state index contributed by atoms with van der Waals surface area (Å²) in [4.78, 5) is 20.0. The van der Waals surface area contributed by atoms with Gasteiger partial charge in [-0.2, -0.15) is 0 Å². The molecule has 1 N–H and O–H groups in total. The van der Waals surface area contributed by atoms with Gasteiger partial charge in [0.05, 0.1) is 16.3 Å². The molecule has 1 aliphatic carbocycles. The summed E-state index contributed by atoms with van der Waals surface area (Å²) in [5.41, 5.74) is 7.97. The number of thiazole rings is 1. The molecule has 4 aromatic rings. The van der Waals surface area contributed by atoms with Crippen molar-refractivity contribution < 1.29 is 5.11 Å². The number of rotatable bonds is 2. The molecular formula is C35H36N2O2S. The first-order valence-electron chi connectivity index (χ1n) is 14.0. The summed E-state index contributed by atoms with van der Waals surface area (Å²) < 4.78 is 2.55. The molecule has 0 saturated heterocycles. The average Bonchev–Trinajstić information content (AvgIpc) is 3.21. The summed E-state index contributed by atoms with van der Waals surface area (Å²) in [6.45, 7) is 12.6. The van der Waals surface area contributed by atoms with Gasteiger partial charge >= 0.3 is 0 Å². The third-order valence-electron chi connectivity index (χ3n) is 8.03. The van der Waals surface area contributed by atoms with E-state index in [1.807, 2.05) is 41.0 Å². The maximum Gasteiger partial charge on any atom is 0.271 e. The lowest BCUT2D eigenvalue weighted by Gasteiger charge is -2.30. The van der Waals surface area contributed by atoms with Gasteiger partial charge in [0.1, 0.15) is 5.75 Å². The number of nitrogens with zero attached hydrogens (tertiary/aromatic N) is 2. The number of aromatic hydroxyl groups is 1. The first kappa shape index (κ1) is 26.5. The Morgan fingerprint density at radius 1 is 0.900 bits per heavy atom. The van der Waals surface area contributed by atoms with Gasteiger partial charge in [0.2, 0.25) is 0 Å². The summed E-state index contributed by atoms with van der Waals surface area (Å²) in [6.07, 6.45) is 3.80. The Morgan fingerprint density at radius 3 is 2.17 bits per heavy atom. The van der Waals surface area contributed by atoms with Crippen LogP contribution in [0.5, 0.6) is 5.75 Å². The first-order chi connectivity index (χ1) is 18.9. The van der Waals surface area contributed by atoms with Gasteiger partial charge < -0.3 is 5.11 Å². The van der Waals surface area contributed by atoms with Gasteiger partial charge in [0, 0.05) is 16.7 Å². The summed E-state index contributed by atoms with van der Waals surface area (Å²) in [6, 6.07) is 22.7. The van der Waals surface area contributed by atoms with Crippen LogP contribution in [-0.2, 0) is 17.3 Å². The molecule has 0 amide bonds. The van der Waals surface area contributed by atoms with E-state index in [2.05, 4.69) is 77.9 Å². The minimum absolute atomic E-state index is 0.0225. The summed E-state index contributed by atoms with van der Waals surface area (Å²) >= 11 is 1.45. The van der Waals surface area contributed by atoms with Gasteiger partial charge in [-0.3, -0.25) is 9.36 Å². The Hall–Kier alpha value is -3.70. The maximum absolute atomic E-state index is 14.2. The van der Waals surface area contributed by atoms with Gasteiger partial charge in [-0.15, -0.1) is 0 Å². The van der Waals surface area contributed by atoms with Crippen molar-refractivity contribution in [3.63, 3.8) is 0 Å². The molecule has 2 heterocycles. The Bertz CT molecular complexity index is 1810. The maximum atomic E-state index is 14.2. The molecule has 0 saturated carbocycles. The zero-order valence-corrected chi connectivity index (χ0v) is 24.9. The smallest absolute Gasteiger partial charge is 0.271 e. The van der Waals surface area contributed by atoms with Gasteiger partial charge in [-0.1, -0.05) is 107 Å². The Balaban J connectivity index is 1.61. The fourth-order valence-corrected chi connectivity index (χ4v) is 6.99. The van der Waals surface area contributed by atoms with Crippen molar-refractivity contribution in [3.8, 4) is 5.75 Å². The Labute approximate surface area is 239 Å². The predicted molar refractivity (Wildman–Crippen MR) is 165 cm³/mol. The molecule has 0 spiro atoms. The minimum Gasteiger partial charge on any atom is -0.507 e. The average molecular weight is 549 g/mol. The lowest BCUT2D eigenvalue weighted by atomic mass is 9.78. The number of allylic oxidation sites excluding steroid dienone is 1. The van der Waals surface area contributed by atoms with Crippen LogP contribution < -0.4 is 14.9 Å². The van der Waals surface area contributed by atoms with Crippen molar-refractivity contribution in [2.24, 2.45) is 4.99 Å². The van der Waals surface area contributed by atoms with Crippen molar-refractivity contribution in [1.29, 1.82) is 0 Å². The molecular weight excluding hydrogens is 512 g/mol. The van der Waals surface area contributed by atoms with Gasteiger partial charge in [-0.25, -0.2) is 4.99 Å². The largest absolute Gasteiger partial charge is 0.507 e. The van der Waals surface area contributed by atoms with Crippen LogP contribution >= 0.6 is 11.3 Å². The zero-order chi connectivity index (χ0) is 28.4. The highest BCUT2D eigenvalue weighted by atomic mass is 32.1.